The topological polar surface area (TPSA) is 57.2 Å². The lowest BCUT2D eigenvalue weighted by Crippen LogP contribution is -2.68. The van der Waals surface area contributed by atoms with Gasteiger partial charge in [-0.1, -0.05) is 30.3 Å². The van der Waals surface area contributed by atoms with Gasteiger partial charge in [0.15, 0.2) is 5.79 Å². The Bertz CT molecular complexity index is 702. The molecule has 1 spiro atoms. The molecule has 29 heavy (non-hydrogen) atoms. The summed E-state index contributed by atoms with van der Waals surface area (Å²) in [5, 5.41) is 2.10. The monoisotopic (exact) mass is 405 g/mol. The third-order valence-corrected chi connectivity index (χ3v) is 6.02. The molecule has 2 fully saturated rings. The van der Waals surface area contributed by atoms with E-state index in [1.165, 1.54) is 7.11 Å². The number of carbonyl (C=O) groups excluding carboxylic acids is 1. The molecular formula is C23H35NO5. The minimum absolute atomic E-state index is 0.0698. The van der Waals surface area contributed by atoms with Crippen LogP contribution in [0.4, 0.5) is 0 Å². The van der Waals surface area contributed by atoms with E-state index < -0.39 is 11.2 Å². The highest BCUT2D eigenvalue weighted by Crippen LogP contribution is 2.49. The van der Waals surface area contributed by atoms with Crippen LogP contribution in [0.2, 0.25) is 0 Å². The van der Waals surface area contributed by atoms with E-state index in [0.29, 0.717) is 12.8 Å². The Morgan fingerprint density at radius 3 is 2.00 bits per heavy atom. The van der Waals surface area contributed by atoms with E-state index in [9.17, 15) is 4.79 Å². The minimum Gasteiger partial charge on any atom is -0.468 e. The molecule has 1 aromatic carbocycles. The molecule has 0 N–H and O–H groups in total. The lowest BCUT2D eigenvalue weighted by atomic mass is 9.77. The van der Waals surface area contributed by atoms with Crippen LogP contribution in [-0.4, -0.2) is 48.2 Å². The molecule has 0 radical (unpaired) electrons. The lowest BCUT2D eigenvalue weighted by molar-refractivity contribution is -0.387. The van der Waals surface area contributed by atoms with Crippen molar-refractivity contribution in [3.05, 3.63) is 35.9 Å². The van der Waals surface area contributed by atoms with Crippen LogP contribution < -0.4 is 0 Å². The molecule has 6 nitrogen and oxygen atoms in total. The van der Waals surface area contributed by atoms with Crippen molar-refractivity contribution >= 4 is 5.97 Å². The smallest absolute Gasteiger partial charge is 0.316 e. The molecule has 1 atom stereocenters. The van der Waals surface area contributed by atoms with Gasteiger partial charge in [0, 0.05) is 23.9 Å². The SMILES string of the molecule is COC(=O)C1(C)COC2(CC(C)(C)N(OC(C)c3ccccc3)C(C)(C)C2)OC1. The van der Waals surface area contributed by atoms with E-state index in [-0.39, 0.29) is 36.4 Å². The fraction of sp³-hybridized carbons (Fsp3) is 0.696. The lowest BCUT2D eigenvalue weighted by Gasteiger charge is -2.59. The third-order valence-electron chi connectivity index (χ3n) is 6.02. The predicted molar refractivity (Wildman–Crippen MR) is 110 cm³/mol. The van der Waals surface area contributed by atoms with Gasteiger partial charge in [0.25, 0.3) is 0 Å². The Balaban J connectivity index is 1.76. The molecule has 0 saturated carbocycles. The van der Waals surface area contributed by atoms with E-state index in [4.69, 9.17) is 19.0 Å². The molecule has 2 saturated heterocycles. The molecule has 2 aliphatic rings. The molecule has 1 aromatic rings. The molecule has 0 aromatic heterocycles. The molecule has 2 heterocycles. The van der Waals surface area contributed by atoms with Crippen LogP contribution in [0.3, 0.4) is 0 Å². The van der Waals surface area contributed by atoms with Crippen LogP contribution in [0.25, 0.3) is 0 Å². The van der Waals surface area contributed by atoms with Gasteiger partial charge in [-0.3, -0.25) is 9.63 Å². The molecule has 0 amide bonds. The van der Waals surface area contributed by atoms with Crippen molar-refractivity contribution in [2.45, 2.75) is 77.4 Å². The number of rotatable bonds is 4. The minimum atomic E-state index is -0.774. The van der Waals surface area contributed by atoms with Crippen LogP contribution in [0.5, 0.6) is 0 Å². The molecule has 1 unspecified atom stereocenters. The van der Waals surface area contributed by atoms with Gasteiger partial charge in [0.2, 0.25) is 0 Å². The molecule has 0 bridgehead atoms. The van der Waals surface area contributed by atoms with Crippen LogP contribution in [-0.2, 0) is 23.8 Å². The van der Waals surface area contributed by atoms with Gasteiger partial charge in [-0.15, -0.1) is 0 Å². The Morgan fingerprint density at radius 1 is 1.00 bits per heavy atom. The number of piperidine rings is 1. The summed E-state index contributed by atoms with van der Waals surface area (Å²) in [5.41, 5.74) is -0.296. The number of esters is 1. The molecule has 3 rings (SSSR count). The zero-order chi connectivity index (χ0) is 21.5. The van der Waals surface area contributed by atoms with E-state index in [1.54, 1.807) is 0 Å². The fourth-order valence-electron chi connectivity index (χ4n) is 4.81. The summed E-state index contributed by atoms with van der Waals surface area (Å²) in [4.78, 5) is 18.6. The number of methoxy groups -OCH3 is 1. The average molecular weight is 406 g/mol. The zero-order valence-electron chi connectivity index (χ0n) is 18.8. The van der Waals surface area contributed by atoms with Crippen molar-refractivity contribution in [1.29, 1.82) is 0 Å². The highest BCUT2D eigenvalue weighted by Gasteiger charge is 2.58. The van der Waals surface area contributed by atoms with E-state index >= 15 is 0 Å². The van der Waals surface area contributed by atoms with Crippen molar-refractivity contribution < 1.29 is 23.8 Å². The highest BCUT2D eigenvalue weighted by atomic mass is 16.7. The first kappa shape index (κ1) is 22.2. The van der Waals surface area contributed by atoms with Gasteiger partial charge >= 0.3 is 5.97 Å². The van der Waals surface area contributed by atoms with Gasteiger partial charge in [-0.05, 0) is 47.1 Å². The Labute approximate surface area is 174 Å². The zero-order valence-corrected chi connectivity index (χ0v) is 18.8. The first-order valence-corrected chi connectivity index (χ1v) is 10.3. The summed E-state index contributed by atoms with van der Waals surface area (Å²) in [6.45, 7) is 13.0. The molecule has 162 valence electrons. The van der Waals surface area contributed by atoms with E-state index in [1.807, 2.05) is 25.1 Å². The number of carbonyl (C=O) groups is 1. The largest absolute Gasteiger partial charge is 0.468 e. The Hall–Kier alpha value is -1.47. The van der Waals surface area contributed by atoms with Gasteiger partial charge in [-0.2, -0.15) is 5.06 Å². The quantitative estimate of drug-likeness (QED) is 0.698. The van der Waals surface area contributed by atoms with Crippen LogP contribution in [0.1, 0.15) is 66.1 Å². The summed E-state index contributed by atoms with van der Waals surface area (Å²) >= 11 is 0. The van der Waals surface area contributed by atoms with Crippen molar-refractivity contribution in [2.75, 3.05) is 20.3 Å². The fourth-order valence-corrected chi connectivity index (χ4v) is 4.81. The second kappa shape index (κ2) is 7.65. The summed E-state index contributed by atoms with van der Waals surface area (Å²) in [6, 6.07) is 10.2. The third kappa shape index (κ3) is 4.36. The number of hydrogen-bond donors (Lipinski definition) is 0. The summed E-state index contributed by atoms with van der Waals surface area (Å²) in [7, 11) is 1.40. The van der Waals surface area contributed by atoms with Gasteiger partial charge in [0.1, 0.15) is 11.5 Å². The highest BCUT2D eigenvalue weighted by molar-refractivity contribution is 5.76. The number of benzene rings is 1. The van der Waals surface area contributed by atoms with Crippen molar-refractivity contribution in [3.8, 4) is 0 Å². The molecule has 6 heteroatoms. The summed E-state index contributed by atoms with van der Waals surface area (Å²) in [5.74, 6) is -1.04. The number of hydrogen-bond acceptors (Lipinski definition) is 6. The molecule has 0 aliphatic carbocycles. The average Bonchev–Trinajstić information content (AvgIpc) is 2.66. The first-order chi connectivity index (χ1) is 13.4. The second-order valence-electron chi connectivity index (χ2n) is 9.97. The normalized spacial score (nSPS) is 26.0. The van der Waals surface area contributed by atoms with E-state index in [2.05, 4.69) is 51.8 Å². The summed E-state index contributed by atoms with van der Waals surface area (Å²) < 4.78 is 17.4. The van der Waals surface area contributed by atoms with Crippen molar-refractivity contribution in [3.63, 3.8) is 0 Å². The number of nitrogens with zero attached hydrogens (tertiary/aromatic N) is 1. The van der Waals surface area contributed by atoms with Crippen molar-refractivity contribution in [2.24, 2.45) is 5.41 Å². The van der Waals surface area contributed by atoms with Gasteiger partial charge < -0.3 is 14.2 Å². The summed E-state index contributed by atoms with van der Waals surface area (Å²) in [6.07, 6.45) is 1.21. The Kier molecular flexibility index (Phi) is 5.86. The number of ether oxygens (including phenoxy) is 3. The number of hydroxylamine groups is 2. The van der Waals surface area contributed by atoms with E-state index in [0.717, 1.165) is 5.56 Å². The Morgan fingerprint density at radius 2 is 1.52 bits per heavy atom. The standard InChI is InChI=1S/C23H35NO5/c1-17(18-11-9-8-10-12-18)29-24-20(2,3)13-23(14-21(24,4)5)27-15-22(6,16-28-23)19(25)26-7/h8-12,17H,13-16H2,1-7H3. The van der Waals surface area contributed by atoms with Gasteiger partial charge in [0.05, 0.1) is 20.3 Å². The second-order valence-corrected chi connectivity index (χ2v) is 9.97. The maximum absolute atomic E-state index is 12.1. The van der Waals surface area contributed by atoms with Crippen LogP contribution >= 0.6 is 0 Å². The molecular weight excluding hydrogens is 370 g/mol. The van der Waals surface area contributed by atoms with Crippen molar-refractivity contribution in [1.82, 2.24) is 5.06 Å². The molecule has 2 aliphatic heterocycles. The first-order valence-electron chi connectivity index (χ1n) is 10.3. The van der Waals surface area contributed by atoms with Crippen LogP contribution in [0, 0.1) is 5.41 Å². The van der Waals surface area contributed by atoms with Gasteiger partial charge in [-0.25, -0.2) is 0 Å². The van der Waals surface area contributed by atoms with Crippen LogP contribution in [0.15, 0.2) is 30.3 Å². The maximum atomic E-state index is 12.1. The maximum Gasteiger partial charge on any atom is 0.316 e. The predicted octanol–water partition coefficient (Wildman–Crippen LogP) is 4.25.